The molecule has 2 rings (SSSR count). The Labute approximate surface area is 86.0 Å². The summed E-state index contributed by atoms with van der Waals surface area (Å²) in [5.41, 5.74) is 5.24. The Hall–Kier alpha value is -1.29. The molecule has 0 aromatic carbocycles. The molecule has 0 unspecified atom stereocenters. The monoisotopic (exact) mass is 212 g/mol. The summed E-state index contributed by atoms with van der Waals surface area (Å²) in [6, 6.07) is 3.19. The highest BCUT2D eigenvalue weighted by Crippen LogP contribution is 2.28. The number of ether oxygens (including phenoxy) is 1. The molecule has 0 aliphatic heterocycles. The largest absolute Gasteiger partial charge is 0.488 e. The first-order valence-electron chi connectivity index (χ1n) is 4.30. The normalized spacial score (nSPS) is 15.2. The lowest BCUT2D eigenvalue weighted by molar-refractivity contribution is 0.0991. The van der Waals surface area contributed by atoms with Crippen molar-refractivity contribution in [3.8, 4) is 5.75 Å². The van der Waals surface area contributed by atoms with Gasteiger partial charge in [0.15, 0.2) is 11.4 Å². The zero-order valence-corrected chi connectivity index (χ0v) is 8.12. The number of amides is 1. The van der Waals surface area contributed by atoms with E-state index in [-0.39, 0.29) is 17.0 Å². The topological polar surface area (TPSA) is 65.2 Å². The van der Waals surface area contributed by atoms with Crippen molar-refractivity contribution in [2.45, 2.75) is 18.9 Å². The van der Waals surface area contributed by atoms with E-state index in [1.807, 2.05) is 0 Å². The summed E-state index contributed by atoms with van der Waals surface area (Å²) in [5, 5.41) is 0.238. The molecule has 4 nitrogen and oxygen atoms in total. The van der Waals surface area contributed by atoms with Crippen LogP contribution in [0.25, 0.3) is 0 Å². The van der Waals surface area contributed by atoms with Crippen molar-refractivity contribution in [3.05, 3.63) is 23.0 Å². The number of hydrogen-bond donors (Lipinski definition) is 1. The second-order valence-electron chi connectivity index (χ2n) is 3.16. The molecule has 1 aliphatic carbocycles. The summed E-state index contributed by atoms with van der Waals surface area (Å²) in [5.74, 6) is -0.201. The van der Waals surface area contributed by atoms with Gasteiger partial charge in [0.1, 0.15) is 5.15 Å². The van der Waals surface area contributed by atoms with Crippen LogP contribution in [0.3, 0.4) is 0 Å². The van der Waals surface area contributed by atoms with E-state index in [4.69, 9.17) is 22.1 Å². The van der Waals surface area contributed by atoms with Crippen LogP contribution >= 0.6 is 11.6 Å². The highest BCUT2D eigenvalue weighted by atomic mass is 35.5. The number of nitrogens with zero attached hydrogens (tertiary/aromatic N) is 1. The first-order chi connectivity index (χ1) is 6.66. The lowest BCUT2D eigenvalue weighted by atomic mass is 10.3. The first kappa shape index (κ1) is 9.27. The number of pyridine rings is 1. The van der Waals surface area contributed by atoms with Crippen molar-refractivity contribution >= 4 is 17.5 Å². The number of nitrogens with two attached hydrogens (primary N) is 1. The molecule has 1 fully saturated rings. The Bertz CT molecular complexity index is 377. The summed E-state index contributed by atoms with van der Waals surface area (Å²) in [6.07, 6.45) is 2.23. The number of rotatable bonds is 3. The zero-order valence-electron chi connectivity index (χ0n) is 7.37. The van der Waals surface area contributed by atoms with Gasteiger partial charge in [0, 0.05) is 0 Å². The number of carbonyl (C=O) groups excluding carboxylic acids is 1. The van der Waals surface area contributed by atoms with Crippen molar-refractivity contribution in [2.75, 3.05) is 0 Å². The van der Waals surface area contributed by atoms with Gasteiger partial charge in [-0.3, -0.25) is 4.79 Å². The van der Waals surface area contributed by atoms with E-state index in [9.17, 15) is 4.79 Å². The van der Waals surface area contributed by atoms with Gasteiger partial charge in [-0.25, -0.2) is 4.98 Å². The molecule has 0 atom stereocenters. The van der Waals surface area contributed by atoms with Gasteiger partial charge in [-0.2, -0.15) is 0 Å². The van der Waals surface area contributed by atoms with E-state index < -0.39 is 5.91 Å². The maximum absolute atomic E-state index is 11.0. The van der Waals surface area contributed by atoms with Crippen LogP contribution in [0, 0.1) is 0 Å². The van der Waals surface area contributed by atoms with Crippen LogP contribution < -0.4 is 10.5 Å². The molecule has 0 spiro atoms. The van der Waals surface area contributed by atoms with Crippen molar-refractivity contribution in [1.82, 2.24) is 4.98 Å². The van der Waals surface area contributed by atoms with Crippen molar-refractivity contribution in [3.63, 3.8) is 0 Å². The average molecular weight is 213 g/mol. The Morgan fingerprint density at radius 3 is 2.86 bits per heavy atom. The zero-order chi connectivity index (χ0) is 10.1. The lowest BCUT2D eigenvalue weighted by Gasteiger charge is -2.07. The van der Waals surface area contributed by atoms with Crippen molar-refractivity contribution in [1.29, 1.82) is 0 Å². The summed E-state index contributed by atoms with van der Waals surface area (Å²) >= 11 is 5.64. The van der Waals surface area contributed by atoms with Crippen molar-refractivity contribution in [2.24, 2.45) is 5.73 Å². The molecule has 74 valence electrons. The fourth-order valence-corrected chi connectivity index (χ4v) is 1.21. The quantitative estimate of drug-likeness (QED) is 0.770. The molecule has 0 saturated heterocycles. The van der Waals surface area contributed by atoms with E-state index >= 15 is 0 Å². The summed E-state index contributed by atoms with van der Waals surface area (Å²) in [7, 11) is 0. The molecular formula is C9H9ClN2O2. The van der Waals surface area contributed by atoms with Crippen LogP contribution in [0.2, 0.25) is 5.15 Å². The molecule has 1 aromatic heterocycles. The Balaban J connectivity index is 2.31. The lowest BCUT2D eigenvalue weighted by Crippen LogP contribution is -2.15. The highest BCUT2D eigenvalue weighted by Gasteiger charge is 2.25. The Kier molecular flexibility index (Phi) is 2.29. The SMILES string of the molecule is NC(=O)c1nc(Cl)ccc1OC1CC1. The predicted molar refractivity (Wildman–Crippen MR) is 51.4 cm³/mol. The molecule has 2 N–H and O–H groups in total. The number of aromatic nitrogens is 1. The fourth-order valence-electron chi connectivity index (χ4n) is 1.06. The molecule has 0 radical (unpaired) electrons. The number of halogens is 1. The first-order valence-corrected chi connectivity index (χ1v) is 4.67. The third-order valence-electron chi connectivity index (χ3n) is 1.88. The maximum Gasteiger partial charge on any atom is 0.271 e. The molecule has 14 heavy (non-hydrogen) atoms. The van der Waals surface area contributed by atoms with Gasteiger partial charge >= 0.3 is 0 Å². The summed E-state index contributed by atoms with van der Waals surface area (Å²) in [4.78, 5) is 14.8. The minimum atomic E-state index is -0.622. The van der Waals surface area contributed by atoms with Crippen molar-refractivity contribution < 1.29 is 9.53 Å². The average Bonchev–Trinajstić information content (AvgIpc) is 2.91. The van der Waals surface area contributed by atoms with Crippen LogP contribution in [-0.4, -0.2) is 17.0 Å². The molecule has 0 bridgehead atoms. The smallest absolute Gasteiger partial charge is 0.271 e. The van der Waals surface area contributed by atoms with Crippen LogP contribution in [-0.2, 0) is 0 Å². The second kappa shape index (κ2) is 3.46. The number of carbonyl (C=O) groups is 1. The minimum absolute atomic E-state index is 0.101. The maximum atomic E-state index is 11.0. The second-order valence-corrected chi connectivity index (χ2v) is 3.55. The predicted octanol–water partition coefficient (Wildman–Crippen LogP) is 1.38. The van der Waals surface area contributed by atoms with Gasteiger partial charge < -0.3 is 10.5 Å². The van der Waals surface area contributed by atoms with E-state index in [2.05, 4.69) is 4.98 Å². The Morgan fingerprint density at radius 2 is 2.29 bits per heavy atom. The van der Waals surface area contributed by atoms with Crippen LogP contribution in [0.15, 0.2) is 12.1 Å². The molecule has 1 heterocycles. The number of hydrogen-bond acceptors (Lipinski definition) is 3. The Morgan fingerprint density at radius 1 is 1.57 bits per heavy atom. The summed E-state index contributed by atoms with van der Waals surface area (Å²) in [6.45, 7) is 0. The van der Waals surface area contributed by atoms with Gasteiger partial charge in [0.2, 0.25) is 0 Å². The van der Waals surface area contributed by atoms with E-state index in [1.54, 1.807) is 12.1 Å². The third-order valence-corrected chi connectivity index (χ3v) is 2.09. The highest BCUT2D eigenvalue weighted by molar-refractivity contribution is 6.29. The number of primary amides is 1. The van der Waals surface area contributed by atoms with E-state index in [1.165, 1.54) is 0 Å². The fraction of sp³-hybridized carbons (Fsp3) is 0.333. The van der Waals surface area contributed by atoms with Gasteiger partial charge in [-0.15, -0.1) is 0 Å². The van der Waals surface area contributed by atoms with Crippen LogP contribution in [0.4, 0.5) is 0 Å². The third kappa shape index (κ3) is 1.96. The van der Waals surface area contributed by atoms with Gasteiger partial charge in [0.25, 0.3) is 5.91 Å². The van der Waals surface area contributed by atoms with E-state index in [0.717, 1.165) is 12.8 Å². The minimum Gasteiger partial charge on any atom is -0.488 e. The summed E-state index contributed by atoms with van der Waals surface area (Å²) < 4.78 is 5.45. The van der Waals surface area contributed by atoms with Crippen LogP contribution in [0.5, 0.6) is 5.75 Å². The standard InChI is InChI=1S/C9H9ClN2O2/c10-7-4-3-6(14-5-1-2-5)8(12-7)9(11)13/h3-5H,1-2H2,(H2,11,13). The van der Waals surface area contributed by atoms with Crippen LogP contribution in [0.1, 0.15) is 23.3 Å². The molecule has 1 aliphatic rings. The molecule has 1 aromatic rings. The van der Waals surface area contributed by atoms with Gasteiger partial charge in [-0.05, 0) is 25.0 Å². The molecule has 1 amide bonds. The van der Waals surface area contributed by atoms with Gasteiger partial charge in [0.05, 0.1) is 6.10 Å². The van der Waals surface area contributed by atoms with E-state index in [0.29, 0.717) is 5.75 Å². The molecule has 5 heteroatoms. The van der Waals surface area contributed by atoms with Gasteiger partial charge in [-0.1, -0.05) is 11.6 Å². The molecule has 1 saturated carbocycles. The molecular weight excluding hydrogens is 204 g/mol.